The first-order valence-electron chi connectivity index (χ1n) is 9.86. The van der Waals surface area contributed by atoms with Crippen molar-refractivity contribution in [1.29, 1.82) is 0 Å². The van der Waals surface area contributed by atoms with Crippen molar-refractivity contribution < 1.29 is 14.3 Å². The Morgan fingerprint density at radius 2 is 2.04 bits per heavy atom. The lowest BCUT2D eigenvalue weighted by Gasteiger charge is -2.29. The van der Waals surface area contributed by atoms with Gasteiger partial charge in [-0.25, -0.2) is 0 Å². The first-order valence-corrected chi connectivity index (χ1v) is 9.86. The van der Waals surface area contributed by atoms with E-state index in [1.165, 1.54) is 11.1 Å². The van der Waals surface area contributed by atoms with Gasteiger partial charge in [-0.2, -0.15) is 0 Å². The Balaban J connectivity index is 1.30. The molecule has 140 valence electrons. The van der Waals surface area contributed by atoms with Crippen LogP contribution in [-0.4, -0.2) is 17.6 Å². The van der Waals surface area contributed by atoms with E-state index in [2.05, 4.69) is 49.5 Å². The molecule has 3 atom stereocenters. The Kier molecular flexibility index (Phi) is 3.80. The van der Waals surface area contributed by atoms with Gasteiger partial charge in [0, 0.05) is 5.56 Å². The van der Waals surface area contributed by atoms with Gasteiger partial charge in [0.15, 0.2) is 0 Å². The number of amides is 1. The molecule has 27 heavy (non-hydrogen) atoms. The Morgan fingerprint density at radius 1 is 1.19 bits per heavy atom. The molecular weight excluding hydrogens is 338 g/mol. The van der Waals surface area contributed by atoms with Crippen LogP contribution in [0.5, 0.6) is 5.75 Å². The van der Waals surface area contributed by atoms with Crippen molar-refractivity contribution in [1.82, 2.24) is 5.32 Å². The molecule has 4 nitrogen and oxygen atoms in total. The summed E-state index contributed by atoms with van der Waals surface area (Å²) in [6, 6.07) is 14.6. The summed E-state index contributed by atoms with van der Waals surface area (Å²) in [4.78, 5) is 12.7. The van der Waals surface area contributed by atoms with Crippen LogP contribution >= 0.6 is 0 Å². The zero-order chi connectivity index (χ0) is 18.6. The number of fused-ring (bicyclic) bond motifs is 4. The number of ether oxygens (including phenoxy) is 2. The van der Waals surface area contributed by atoms with Crippen LogP contribution in [0.2, 0.25) is 0 Å². The van der Waals surface area contributed by atoms with Crippen LogP contribution in [0.3, 0.4) is 0 Å². The van der Waals surface area contributed by atoms with Crippen molar-refractivity contribution >= 4 is 5.91 Å². The number of epoxide rings is 1. The van der Waals surface area contributed by atoms with Gasteiger partial charge in [0.2, 0.25) is 5.91 Å². The van der Waals surface area contributed by atoms with Gasteiger partial charge in [-0.3, -0.25) is 4.79 Å². The lowest BCUT2D eigenvalue weighted by atomic mass is 9.87. The third-order valence-corrected chi connectivity index (χ3v) is 6.00. The van der Waals surface area contributed by atoms with Gasteiger partial charge < -0.3 is 14.8 Å². The normalized spacial score (nSPS) is 26.8. The minimum absolute atomic E-state index is 0.0713. The Labute approximate surface area is 159 Å². The monoisotopic (exact) mass is 363 g/mol. The topological polar surface area (TPSA) is 50.9 Å². The molecule has 1 aliphatic carbocycles. The highest BCUT2D eigenvalue weighted by molar-refractivity contribution is 5.79. The van der Waals surface area contributed by atoms with E-state index in [0.29, 0.717) is 6.42 Å². The van der Waals surface area contributed by atoms with Crippen LogP contribution in [0.1, 0.15) is 61.1 Å². The maximum Gasteiger partial charge on any atom is 0.224 e. The number of carbonyl (C=O) groups is 1. The molecule has 5 rings (SSSR count). The summed E-state index contributed by atoms with van der Waals surface area (Å²) in [5, 5.41) is 3.24. The van der Waals surface area contributed by atoms with Gasteiger partial charge in [-0.05, 0) is 61.9 Å². The van der Waals surface area contributed by atoms with Crippen molar-refractivity contribution in [3.05, 3.63) is 64.7 Å². The third kappa shape index (κ3) is 3.02. The van der Waals surface area contributed by atoms with Crippen molar-refractivity contribution in [2.45, 2.75) is 63.4 Å². The van der Waals surface area contributed by atoms with E-state index in [0.717, 1.165) is 36.1 Å². The smallest absolute Gasteiger partial charge is 0.224 e. The van der Waals surface area contributed by atoms with Crippen LogP contribution in [0.4, 0.5) is 0 Å². The molecule has 1 fully saturated rings. The second-order valence-electron chi connectivity index (χ2n) is 8.44. The molecule has 1 N–H and O–H groups in total. The van der Waals surface area contributed by atoms with Crippen molar-refractivity contribution in [3.63, 3.8) is 0 Å². The van der Waals surface area contributed by atoms with Crippen LogP contribution in [0.25, 0.3) is 0 Å². The Bertz CT molecular complexity index is 904. The van der Waals surface area contributed by atoms with Crippen LogP contribution in [-0.2, 0) is 22.4 Å². The summed E-state index contributed by atoms with van der Waals surface area (Å²) in [6.07, 6.45) is 3.84. The molecule has 2 aromatic rings. The highest BCUT2D eigenvalue weighted by Crippen LogP contribution is 2.53. The van der Waals surface area contributed by atoms with E-state index in [-0.39, 0.29) is 29.8 Å². The van der Waals surface area contributed by atoms with E-state index < -0.39 is 0 Å². The average molecular weight is 363 g/mol. The molecule has 1 unspecified atom stereocenters. The molecule has 2 heterocycles. The van der Waals surface area contributed by atoms with Gasteiger partial charge in [0.1, 0.15) is 23.6 Å². The lowest BCUT2D eigenvalue weighted by molar-refractivity contribution is -0.121. The van der Waals surface area contributed by atoms with Gasteiger partial charge >= 0.3 is 0 Å². The summed E-state index contributed by atoms with van der Waals surface area (Å²) in [6.45, 7) is 4.12. The minimum Gasteiger partial charge on any atom is -0.485 e. The molecule has 2 aromatic carbocycles. The number of rotatable bonds is 3. The van der Waals surface area contributed by atoms with Crippen molar-refractivity contribution in [3.8, 4) is 5.75 Å². The molecule has 1 amide bonds. The zero-order valence-electron chi connectivity index (χ0n) is 15.8. The molecule has 2 aliphatic heterocycles. The van der Waals surface area contributed by atoms with Crippen molar-refractivity contribution in [2.75, 3.05) is 0 Å². The fraction of sp³-hybridized carbons (Fsp3) is 0.435. The molecule has 4 heteroatoms. The average Bonchev–Trinajstić information content (AvgIpc) is 3.45. The standard InChI is InChI=1S/C23H25NO3/c1-23(2)22-21(26-22)17-12-14(10-11-19(17)27-23)13-20(25)24-18-9-5-7-15-6-3-4-8-16(15)18/h3-4,6,8,10-12,18,21-22H,5,7,9,13H2,1-2H3,(H,24,25)/t18?,21-,22-/m0/s1. The van der Waals surface area contributed by atoms with Gasteiger partial charge in [-0.1, -0.05) is 30.3 Å². The van der Waals surface area contributed by atoms with E-state index in [1.807, 2.05) is 12.1 Å². The van der Waals surface area contributed by atoms with Crippen LogP contribution in [0, 0.1) is 0 Å². The Morgan fingerprint density at radius 3 is 2.93 bits per heavy atom. The molecule has 1 saturated heterocycles. The number of carbonyl (C=O) groups excluding carboxylic acids is 1. The number of aryl methyl sites for hydroxylation is 1. The third-order valence-electron chi connectivity index (χ3n) is 6.00. The SMILES string of the molecule is CC1(C)Oc2ccc(CC(=O)NC3CCCc4ccccc43)cc2[C@@H]2O[C@@H]21. The number of hydrogen-bond acceptors (Lipinski definition) is 3. The van der Waals surface area contributed by atoms with Gasteiger partial charge in [0.05, 0.1) is 12.5 Å². The fourth-order valence-electron chi connectivity index (χ4n) is 4.58. The molecule has 0 bridgehead atoms. The second-order valence-corrected chi connectivity index (χ2v) is 8.44. The summed E-state index contributed by atoms with van der Waals surface area (Å²) in [5.41, 5.74) is 4.43. The predicted molar refractivity (Wildman–Crippen MR) is 103 cm³/mol. The fourth-order valence-corrected chi connectivity index (χ4v) is 4.58. The maximum atomic E-state index is 12.7. The van der Waals surface area contributed by atoms with Crippen LogP contribution in [0.15, 0.2) is 42.5 Å². The summed E-state index contributed by atoms with van der Waals surface area (Å²) >= 11 is 0. The number of benzene rings is 2. The van der Waals surface area contributed by atoms with E-state index in [4.69, 9.17) is 9.47 Å². The summed E-state index contributed by atoms with van der Waals surface area (Å²) in [5.74, 6) is 0.950. The molecule has 0 radical (unpaired) electrons. The molecule has 0 spiro atoms. The first-order chi connectivity index (χ1) is 13.0. The molecular formula is C23H25NO3. The van der Waals surface area contributed by atoms with E-state index in [1.54, 1.807) is 0 Å². The van der Waals surface area contributed by atoms with Crippen molar-refractivity contribution in [2.24, 2.45) is 0 Å². The van der Waals surface area contributed by atoms with E-state index in [9.17, 15) is 4.79 Å². The second kappa shape index (κ2) is 6.10. The quantitative estimate of drug-likeness (QED) is 0.838. The van der Waals surface area contributed by atoms with Gasteiger partial charge in [0.25, 0.3) is 0 Å². The predicted octanol–water partition coefficient (Wildman–Crippen LogP) is 4.03. The molecule has 0 aromatic heterocycles. The first kappa shape index (κ1) is 16.8. The summed E-state index contributed by atoms with van der Waals surface area (Å²) < 4.78 is 11.9. The number of hydrogen-bond donors (Lipinski definition) is 1. The highest BCUT2D eigenvalue weighted by atomic mass is 16.6. The largest absolute Gasteiger partial charge is 0.485 e. The van der Waals surface area contributed by atoms with Gasteiger partial charge in [-0.15, -0.1) is 0 Å². The highest BCUT2D eigenvalue weighted by Gasteiger charge is 2.56. The summed E-state index contributed by atoms with van der Waals surface area (Å²) in [7, 11) is 0. The van der Waals surface area contributed by atoms with E-state index >= 15 is 0 Å². The molecule has 3 aliphatic rings. The maximum absolute atomic E-state index is 12.7. The lowest BCUT2D eigenvalue weighted by Crippen LogP contribution is -2.37. The van der Waals surface area contributed by atoms with Crippen LogP contribution < -0.4 is 10.1 Å². The number of nitrogens with one attached hydrogen (secondary N) is 1. The molecule has 0 saturated carbocycles. The zero-order valence-corrected chi connectivity index (χ0v) is 15.8. The Hall–Kier alpha value is -2.33. The minimum atomic E-state index is -0.287.